The highest BCUT2D eigenvalue weighted by Gasteiger charge is 2.47. The summed E-state index contributed by atoms with van der Waals surface area (Å²) in [5, 5.41) is 12.2. The van der Waals surface area contributed by atoms with Gasteiger partial charge in [0.2, 0.25) is 0 Å². The third-order valence-corrected chi connectivity index (χ3v) is 6.33. The molecule has 0 aliphatic carbocycles. The molecule has 1 aliphatic heterocycles. The summed E-state index contributed by atoms with van der Waals surface area (Å²) < 4.78 is 10.8. The number of benzene rings is 3. The van der Waals surface area contributed by atoms with Gasteiger partial charge in [0.15, 0.2) is 0 Å². The van der Waals surface area contributed by atoms with Crippen LogP contribution in [-0.4, -0.2) is 40.9 Å². The number of methoxy groups -OCH3 is 2. The zero-order valence-electron chi connectivity index (χ0n) is 19.3. The van der Waals surface area contributed by atoms with Crippen LogP contribution < -0.4 is 9.47 Å². The number of hydrogen-bond donors (Lipinski definition) is 2. The molecule has 176 valence electrons. The maximum Gasteiger partial charge on any atom is 0.295 e. The Hall–Kier alpha value is -4.52. The van der Waals surface area contributed by atoms with Gasteiger partial charge < -0.3 is 24.5 Å². The lowest BCUT2D eigenvalue weighted by molar-refractivity contribution is -0.140. The van der Waals surface area contributed by atoms with Gasteiger partial charge in [0, 0.05) is 33.8 Å². The minimum Gasteiger partial charge on any atom is -0.507 e. The molecule has 0 saturated carbocycles. The van der Waals surface area contributed by atoms with Gasteiger partial charge in [-0.05, 0) is 24.3 Å². The van der Waals surface area contributed by atoms with E-state index in [9.17, 15) is 14.7 Å². The molecule has 1 fully saturated rings. The molecule has 7 nitrogen and oxygen atoms in total. The third kappa shape index (κ3) is 3.81. The maximum atomic E-state index is 13.4. The molecule has 35 heavy (non-hydrogen) atoms. The van der Waals surface area contributed by atoms with E-state index >= 15 is 0 Å². The van der Waals surface area contributed by atoms with Crippen LogP contribution in [-0.2, 0) is 16.1 Å². The van der Waals surface area contributed by atoms with Gasteiger partial charge in [0.1, 0.15) is 17.3 Å². The van der Waals surface area contributed by atoms with Crippen molar-refractivity contribution in [1.82, 2.24) is 9.88 Å². The van der Waals surface area contributed by atoms with E-state index in [0.29, 0.717) is 17.1 Å². The molecular formula is C28H24N2O5. The first-order valence-electron chi connectivity index (χ1n) is 11.1. The number of hydrogen-bond acceptors (Lipinski definition) is 5. The lowest BCUT2D eigenvalue weighted by Crippen LogP contribution is -2.29. The van der Waals surface area contributed by atoms with Gasteiger partial charge >= 0.3 is 0 Å². The van der Waals surface area contributed by atoms with Crippen LogP contribution in [0.3, 0.4) is 0 Å². The largest absolute Gasteiger partial charge is 0.507 e. The first kappa shape index (κ1) is 22.3. The van der Waals surface area contributed by atoms with Crippen LogP contribution in [0.1, 0.15) is 22.7 Å². The van der Waals surface area contributed by atoms with Gasteiger partial charge in [-0.3, -0.25) is 9.59 Å². The summed E-state index contributed by atoms with van der Waals surface area (Å²) >= 11 is 0. The van der Waals surface area contributed by atoms with Crippen LogP contribution in [0.15, 0.2) is 84.6 Å². The van der Waals surface area contributed by atoms with Crippen LogP contribution in [0.2, 0.25) is 0 Å². The van der Waals surface area contributed by atoms with Crippen molar-refractivity contribution in [3.05, 3.63) is 101 Å². The van der Waals surface area contributed by atoms with Crippen LogP contribution in [0.5, 0.6) is 11.5 Å². The topological polar surface area (TPSA) is 91.9 Å². The van der Waals surface area contributed by atoms with Crippen molar-refractivity contribution in [3.8, 4) is 11.5 Å². The summed E-state index contributed by atoms with van der Waals surface area (Å²) in [7, 11) is 3.09. The molecule has 0 spiro atoms. The Morgan fingerprint density at radius 3 is 2.54 bits per heavy atom. The second kappa shape index (κ2) is 9.02. The number of ketones is 1. The highest BCUT2D eigenvalue weighted by atomic mass is 16.5. The Balaban J connectivity index is 1.71. The second-order valence-electron chi connectivity index (χ2n) is 8.26. The summed E-state index contributed by atoms with van der Waals surface area (Å²) in [6.45, 7) is 0.133. The number of nitrogens with one attached hydrogen (secondary N) is 1. The number of Topliss-reactive ketones (excluding diaryl/α,β-unsaturated/α-hetero) is 1. The lowest BCUT2D eigenvalue weighted by Gasteiger charge is -2.25. The minimum absolute atomic E-state index is 0.0305. The number of ether oxygens (including phenoxy) is 2. The Morgan fingerprint density at radius 1 is 0.971 bits per heavy atom. The molecule has 1 unspecified atom stereocenters. The van der Waals surface area contributed by atoms with Gasteiger partial charge in [0.25, 0.3) is 11.7 Å². The molecule has 1 atom stereocenters. The minimum atomic E-state index is -0.803. The molecule has 1 aliphatic rings. The SMILES string of the molecule is COc1cccc(/C(O)=C2\C(=O)C(=O)N(Cc3ccccc3OC)C2c2c[nH]c3ccccc23)c1. The van der Waals surface area contributed by atoms with Crippen molar-refractivity contribution in [2.45, 2.75) is 12.6 Å². The van der Waals surface area contributed by atoms with Crippen molar-refractivity contribution < 1.29 is 24.2 Å². The number of aliphatic hydroxyl groups excluding tert-OH is 1. The molecule has 1 amide bonds. The average Bonchev–Trinajstić information content (AvgIpc) is 3.43. The average molecular weight is 469 g/mol. The maximum absolute atomic E-state index is 13.4. The standard InChI is InChI=1S/C28H24N2O5/c1-34-19-10-7-9-17(14-19)26(31)24-25(21-15-29-22-12-5-4-11-20(21)22)30(28(33)27(24)32)16-18-8-3-6-13-23(18)35-2/h3-15,25,29,31H,16H2,1-2H3/b26-24+. The Morgan fingerprint density at radius 2 is 1.74 bits per heavy atom. The number of carbonyl (C=O) groups is 2. The van der Waals surface area contributed by atoms with Crippen molar-refractivity contribution in [3.63, 3.8) is 0 Å². The molecular weight excluding hydrogens is 444 g/mol. The summed E-state index contributed by atoms with van der Waals surface area (Å²) in [5.41, 5.74) is 2.77. The van der Waals surface area contributed by atoms with E-state index in [4.69, 9.17) is 9.47 Å². The van der Waals surface area contributed by atoms with Gasteiger partial charge in [-0.15, -0.1) is 0 Å². The molecule has 0 radical (unpaired) electrons. The number of carbonyl (C=O) groups excluding carboxylic acids is 2. The monoisotopic (exact) mass is 468 g/mol. The van der Waals surface area contributed by atoms with E-state index in [1.165, 1.54) is 12.0 Å². The Labute approximate surface area is 202 Å². The lowest BCUT2D eigenvalue weighted by atomic mass is 9.94. The zero-order chi connectivity index (χ0) is 24.5. The van der Waals surface area contributed by atoms with Crippen LogP contribution in [0.25, 0.3) is 16.7 Å². The molecule has 1 aromatic heterocycles. The number of fused-ring (bicyclic) bond motifs is 1. The Bertz CT molecular complexity index is 1470. The fraction of sp³-hybridized carbons (Fsp3) is 0.143. The molecule has 4 aromatic rings. The van der Waals surface area contributed by atoms with Crippen LogP contribution >= 0.6 is 0 Å². The van der Waals surface area contributed by atoms with Gasteiger partial charge in [-0.1, -0.05) is 48.5 Å². The molecule has 1 saturated heterocycles. The number of aliphatic hydroxyl groups is 1. The number of amides is 1. The van der Waals surface area contributed by atoms with Crippen molar-refractivity contribution >= 4 is 28.4 Å². The normalized spacial score (nSPS) is 17.2. The molecule has 2 N–H and O–H groups in total. The highest BCUT2D eigenvalue weighted by Crippen LogP contribution is 2.43. The van der Waals surface area contributed by atoms with E-state index in [0.717, 1.165) is 22.0 Å². The smallest absolute Gasteiger partial charge is 0.295 e. The predicted molar refractivity (Wildman–Crippen MR) is 132 cm³/mol. The number of aromatic nitrogens is 1. The first-order valence-corrected chi connectivity index (χ1v) is 11.1. The van der Waals surface area contributed by atoms with E-state index in [1.54, 1.807) is 37.6 Å². The zero-order valence-corrected chi connectivity index (χ0v) is 19.3. The molecule has 7 heteroatoms. The van der Waals surface area contributed by atoms with Crippen molar-refractivity contribution in [2.75, 3.05) is 14.2 Å². The highest BCUT2D eigenvalue weighted by molar-refractivity contribution is 6.46. The summed E-state index contributed by atoms with van der Waals surface area (Å²) in [4.78, 5) is 31.5. The predicted octanol–water partition coefficient (Wildman–Crippen LogP) is 4.81. The van der Waals surface area contributed by atoms with Crippen molar-refractivity contribution in [2.24, 2.45) is 0 Å². The van der Waals surface area contributed by atoms with Gasteiger partial charge in [-0.2, -0.15) is 0 Å². The molecule has 3 aromatic carbocycles. The second-order valence-corrected chi connectivity index (χ2v) is 8.26. The van der Waals surface area contributed by atoms with Crippen LogP contribution in [0.4, 0.5) is 0 Å². The third-order valence-electron chi connectivity index (χ3n) is 6.33. The summed E-state index contributed by atoms with van der Waals surface area (Å²) in [6, 6.07) is 21.0. The molecule has 2 heterocycles. The van der Waals surface area contributed by atoms with Gasteiger partial charge in [0.05, 0.1) is 32.4 Å². The number of likely N-dealkylation sites (tertiary alicyclic amines) is 1. The van der Waals surface area contributed by atoms with E-state index in [-0.39, 0.29) is 17.9 Å². The number of para-hydroxylation sites is 2. The van der Waals surface area contributed by atoms with E-state index < -0.39 is 17.7 Å². The van der Waals surface area contributed by atoms with Gasteiger partial charge in [-0.25, -0.2) is 0 Å². The fourth-order valence-electron chi connectivity index (χ4n) is 4.63. The van der Waals surface area contributed by atoms with E-state index in [2.05, 4.69) is 4.98 Å². The van der Waals surface area contributed by atoms with Crippen molar-refractivity contribution in [1.29, 1.82) is 0 Å². The number of H-pyrrole nitrogens is 1. The summed E-state index contributed by atoms with van der Waals surface area (Å²) in [5.74, 6) is -0.535. The summed E-state index contributed by atoms with van der Waals surface area (Å²) in [6.07, 6.45) is 1.79. The first-order chi connectivity index (χ1) is 17.0. The van der Waals surface area contributed by atoms with E-state index in [1.807, 2.05) is 48.5 Å². The van der Waals surface area contributed by atoms with Crippen LogP contribution in [0, 0.1) is 0 Å². The molecule has 0 bridgehead atoms. The quantitative estimate of drug-likeness (QED) is 0.241. The number of rotatable bonds is 6. The molecule has 5 rings (SSSR count). The number of nitrogens with zero attached hydrogens (tertiary/aromatic N) is 1. The fourth-order valence-corrected chi connectivity index (χ4v) is 4.63. The Kier molecular flexibility index (Phi) is 5.74. The number of aromatic amines is 1.